The van der Waals surface area contributed by atoms with E-state index in [0.29, 0.717) is 11.3 Å². The van der Waals surface area contributed by atoms with Crippen LogP contribution in [0, 0.1) is 29.1 Å². The molecular formula is C20H28O. The maximum Gasteiger partial charge on any atom is 0.0986 e. The Balaban J connectivity index is 1.72. The van der Waals surface area contributed by atoms with Crippen molar-refractivity contribution >= 4 is 0 Å². The van der Waals surface area contributed by atoms with Crippen molar-refractivity contribution in [3.63, 3.8) is 0 Å². The molecule has 0 saturated heterocycles. The van der Waals surface area contributed by atoms with E-state index in [9.17, 15) is 0 Å². The standard InChI is InChI=1S/C20H28O/c1-13-12-20(2)15(11-19(13)21-3)8-9-17-16-6-4-5-14(16)7-10-18(17)20/h5,8,11,13,16-18H,4,6-7,9-10,12H2,1-3H3/t13?,16?,17?,18?,20-/m0/s1. The molecule has 4 aliphatic carbocycles. The molecule has 0 amide bonds. The van der Waals surface area contributed by atoms with E-state index in [1.54, 1.807) is 11.1 Å². The molecule has 4 aliphatic rings. The Morgan fingerprint density at radius 1 is 1.24 bits per heavy atom. The monoisotopic (exact) mass is 284 g/mol. The molecule has 21 heavy (non-hydrogen) atoms. The minimum Gasteiger partial charge on any atom is -0.501 e. The van der Waals surface area contributed by atoms with E-state index in [-0.39, 0.29) is 0 Å². The Morgan fingerprint density at radius 3 is 2.90 bits per heavy atom. The molecular weight excluding hydrogens is 256 g/mol. The van der Waals surface area contributed by atoms with Crippen LogP contribution in [0.1, 0.15) is 52.4 Å². The van der Waals surface area contributed by atoms with Gasteiger partial charge in [-0.15, -0.1) is 0 Å². The summed E-state index contributed by atoms with van der Waals surface area (Å²) in [7, 11) is 1.83. The van der Waals surface area contributed by atoms with Crippen LogP contribution < -0.4 is 0 Å². The highest BCUT2D eigenvalue weighted by Gasteiger charge is 2.51. The minimum atomic E-state index is 0.387. The maximum absolute atomic E-state index is 5.61. The van der Waals surface area contributed by atoms with Gasteiger partial charge in [0, 0.05) is 5.92 Å². The molecule has 0 radical (unpaired) electrons. The Bertz CT molecular complexity index is 538. The molecule has 114 valence electrons. The number of allylic oxidation sites excluding steroid dienone is 6. The SMILES string of the molecule is COC1=CC2=CCC3C4CCC=C4CCC3[C@@]2(C)CC1C. The maximum atomic E-state index is 5.61. The van der Waals surface area contributed by atoms with Gasteiger partial charge in [0.25, 0.3) is 0 Å². The largest absolute Gasteiger partial charge is 0.501 e. The lowest BCUT2D eigenvalue weighted by Gasteiger charge is -2.53. The molecule has 0 aliphatic heterocycles. The third-order valence-corrected chi connectivity index (χ3v) is 6.98. The van der Waals surface area contributed by atoms with Gasteiger partial charge in [-0.1, -0.05) is 31.6 Å². The van der Waals surface area contributed by atoms with Gasteiger partial charge in [0.05, 0.1) is 12.9 Å². The highest BCUT2D eigenvalue weighted by molar-refractivity contribution is 5.37. The zero-order valence-corrected chi connectivity index (χ0v) is 13.7. The molecule has 4 unspecified atom stereocenters. The van der Waals surface area contributed by atoms with Crippen LogP contribution in [0.2, 0.25) is 0 Å². The number of hydrogen-bond donors (Lipinski definition) is 0. The van der Waals surface area contributed by atoms with Gasteiger partial charge in [0.1, 0.15) is 0 Å². The van der Waals surface area contributed by atoms with Crippen LogP contribution in [0.3, 0.4) is 0 Å². The van der Waals surface area contributed by atoms with Crippen molar-refractivity contribution in [1.29, 1.82) is 0 Å². The Kier molecular flexibility index (Phi) is 3.10. The lowest BCUT2D eigenvalue weighted by Crippen LogP contribution is -2.45. The summed E-state index contributed by atoms with van der Waals surface area (Å²) in [6.07, 6.45) is 15.6. The minimum absolute atomic E-state index is 0.387. The first-order valence-electron chi connectivity index (χ1n) is 8.78. The fraction of sp³-hybridized carbons (Fsp3) is 0.700. The van der Waals surface area contributed by atoms with Gasteiger partial charge in [0.15, 0.2) is 0 Å². The highest BCUT2D eigenvalue weighted by atomic mass is 16.5. The molecule has 1 saturated carbocycles. The quantitative estimate of drug-likeness (QED) is 0.597. The average Bonchev–Trinajstić information content (AvgIpc) is 2.94. The number of fused-ring (bicyclic) bond motifs is 5. The van der Waals surface area contributed by atoms with E-state index in [4.69, 9.17) is 4.74 Å². The summed E-state index contributed by atoms with van der Waals surface area (Å²) in [6, 6.07) is 0. The molecule has 0 aromatic carbocycles. The summed E-state index contributed by atoms with van der Waals surface area (Å²) in [5.74, 6) is 4.45. The van der Waals surface area contributed by atoms with Crippen LogP contribution >= 0.6 is 0 Å². The van der Waals surface area contributed by atoms with E-state index in [0.717, 1.165) is 17.8 Å². The first kappa shape index (κ1) is 13.7. The van der Waals surface area contributed by atoms with E-state index < -0.39 is 0 Å². The van der Waals surface area contributed by atoms with Crippen molar-refractivity contribution in [1.82, 2.24) is 0 Å². The second-order valence-corrected chi connectivity index (χ2v) is 7.94. The first-order valence-corrected chi connectivity index (χ1v) is 8.78. The predicted octanol–water partition coefficient (Wildman–Crippen LogP) is 5.26. The molecule has 0 aromatic rings. The van der Waals surface area contributed by atoms with Crippen molar-refractivity contribution in [3.05, 3.63) is 35.1 Å². The van der Waals surface area contributed by atoms with Crippen LogP contribution in [-0.4, -0.2) is 7.11 Å². The molecule has 0 heterocycles. The fourth-order valence-corrected chi connectivity index (χ4v) is 5.99. The molecule has 0 aromatic heterocycles. The molecule has 5 atom stereocenters. The summed E-state index contributed by atoms with van der Waals surface area (Å²) in [5.41, 5.74) is 3.76. The first-order chi connectivity index (χ1) is 10.1. The average molecular weight is 284 g/mol. The summed E-state index contributed by atoms with van der Waals surface area (Å²) in [5, 5.41) is 0. The van der Waals surface area contributed by atoms with E-state index in [2.05, 4.69) is 32.1 Å². The van der Waals surface area contributed by atoms with E-state index in [1.165, 1.54) is 44.3 Å². The van der Waals surface area contributed by atoms with Gasteiger partial charge in [-0.05, 0) is 73.3 Å². The van der Waals surface area contributed by atoms with Crippen molar-refractivity contribution in [2.24, 2.45) is 29.1 Å². The Labute approximate surface area is 129 Å². The highest BCUT2D eigenvalue weighted by Crippen LogP contribution is 2.60. The molecule has 1 nitrogen and oxygen atoms in total. The zero-order valence-electron chi connectivity index (χ0n) is 13.7. The molecule has 1 heteroatoms. The van der Waals surface area contributed by atoms with Crippen LogP contribution in [0.4, 0.5) is 0 Å². The second kappa shape index (κ2) is 4.76. The molecule has 0 bridgehead atoms. The van der Waals surface area contributed by atoms with Gasteiger partial charge in [-0.2, -0.15) is 0 Å². The fourth-order valence-electron chi connectivity index (χ4n) is 5.99. The van der Waals surface area contributed by atoms with Crippen molar-refractivity contribution in [2.45, 2.75) is 52.4 Å². The number of methoxy groups -OCH3 is 1. The van der Waals surface area contributed by atoms with E-state index in [1.807, 2.05) is 7.11 Å². The molecule has 0 N–H and O–H groups in total. The normalized spacial score (nSPS) is 44.8. The predicted molar refractivity (Wildman–Crippen MR) is 86.7 cm³/mol. The van der Waals surface area contributed by atoms with Gasteiger partial charge >= 0.3 is 0 Å². The van der Waals surface area contributed by atoms with Gasteiger partial charge < -0.3 is 4.74 Å². The summed E-state index contributed by atoms with van der Waals surface area (Å²) in [6.45, 7) is 4.88. The molecule has 0 spiro atoms. The third kappa shape index (κ3) is 1.89. The van der Waals surface area contributed by atoms with Crippen molar-refractivity contribution < 1.29 is 4.74 Å². The number of hydrogen-bond acceptors (Lipinski definition) is 1. The topological polar surface area (TPSA) is 9.23 Å². The Morgan fingerprint density at radius 2 is 2.10 bits per heavy atom. The summed E-state index contributed by atoms with van der Waals surface area (Å²) >= 11 is 0. The third-order valence-electron chi connectivity index (χ3n) is 6.98. The van der Waals surface area contributed by atoms with Gasteiger partial charge in [-0.25, -0.2) is 0 Å². The van der Waals surface area contributed by atoms with Crippen LogP contribution in [0.15, 0.2) is 35.1 Å². The van der Waals surface area contributed by atoms with Crippen LogP contribution in [0.25, 0.3) is 0 Å². The van der Waals surface area contributed by atoms with Gasteiger partial charge in [0.2, 0.25) is 0 Å². The lowest BCUT2D eigenvalue weighted by molar-refractivity contribution is 0.0526. The smallest absolute Gasteiger partial charge is 0.0986 e. The van der Waals surface area contributed by atoms with Gasteiger partial charge in [-0.3, -0.25) is 0 Å². The number of ether oxygens (including phenoxy) is 1. The summed E-state index contributed by atoms with van der Waals surface area (Å²) in [4.78, 5) is 0. The van der Waals surface area contributed by atoms with E-state index >= 15 is 0 Å². The molecule has 1 fully saturated rings. The lowest BCUT2D eigenvalue weighted by atomic mass is 9.51. The molecule has 4 rings (SSSR count). The summed E-state index contributed by atoms with van der Waals surface area (Å²) < 4.78 is 5.61. The Hall–Kier alpha value is -0.980. The zero-order chi connectivity index (χ0) is 14.6. The van der Waals surface area contributed by atoms with Crippen LogP contribution in [0.5, 0.6) is 0 Å². The van der Waals surface area contributed by atoms with Crippen LogP contribution in [-0.2, 0) is 4.74 Å². The second-order valence-electron chi connectivity index (χ2n) is 7.94. The number of rotatable bonds is 1. The van der Waals surface area contributed by atoms with Crippen molar-refractivity contribution in [2.75, 3.05) is 7.11 Å². The van der Waals surface area contributed by atoms with Crippen molar-refractivity contribution in [3.8, 4) is 0 Å².